The van der Waals surface area contributed by atoms with Crippen LogP contribution in [0.4, 0.5) is 0 Å². The van der Waals surface area contributed by atoms with E-state index in [4.69, 9.17) is 14.4 Å². The summed E-state index contributed by atoms with van der Waals surface area (Å²) in [7, 11) is -2.06. The molecule has 0 radical (unpaired) electrons. The summed E-state index contributed by atoms with van der Waals surface area (Å²) in [5.74, 6) is 0.779. The Hall–Kier alpha value is -5.78. The Labute approximate surface area is 272 Å². The quantitative estimate of drug-likeness (QED) is 0.185. The predicted octanol–water partition coefficient (Wildman–Crippen LogP) is 9.61. The van der Waals surface area contributed by atoms with Crippen LogP contribution < -0.4 is 10.5 Å². The molecule has 0 unspecified atom stereocenters. The molecule has 0 bridgehead atoms. The zero-order chi connectivity index (χ0) is 31.3. The molecule has 0 spiro atoms. The molecule has 222 valence electrons. The molecule has 0 saturated heterocycles. The van der Waals surface area contributed by atoms with Gasteiger partial charge in [0.15, 0.2) is 5.82 Å². The van der Waals surface area contributed by atoms with Crippen LogP contribution in [0, 0.1) is 0 Å². The summed E-state index contributed by atoms with van der Waals surface area (Å²) < 4.78 is 8.78. The summed E-state index contributed by atoms with van der Waals surface area (Å²) in [5.41, 5.74) is 10.7. The number of fused-ring (bicyclic) bond motifs is 10. The summed E-state index contributed by atoms with van der Waals surface area (Å²) in [6, 6.07) is 49.5. The highest BCUT2D eigenvalue weighted by molar-refractivity contribution is 7.03. The molecular formula is C42H29N3OSi. The largest absolute Gasteiger partial charge is 0.456 e. The van der Waals surface area contributed by atoms with E-state index < -0.39 is 8.07 Å². The van der Waals surface area contributed by atoms with Gasteiger partial charge >= 0.3 is 0 Å². The van der Waals surface area contributed by atoms with Crippen LogP contribution in [0.15, 0.2) is 144 Å². The molecule has 0 aliphatic carbocycles. The van der Waals surface area contributed by atoms with Crippen molar-refractivity contribution in [1.82, 2.24) is 14.5 Å². The SMILES string of the molecule is C[Si]1(C)c2ccccc2-c2c(-c3cccc(-n4c5ccccc5c5ccc6oc7ccccc7c6c54)c3)nc(-c3ccccc3)nc21. The van der Waals surface area contributed by atoms with E-state index in [1.807, 2.05) is 12.1 Å². The van der Waals surface area contributed by atoms with Gasteiger partial charge in [-0.15, -0.1) is 0 Å². The van der Waals surface area contributed by atoms with E-state index in [1.165, 1.54) is 32.4 Å². The normalized spacial score (nSPS) is 13.5. The number of hydrogen-bond acceptors (Lipinski definition) is 3. The van der Waals surface area contributed by atoms with Crippen LogP contribution in [0.2, 0.25) is 13.1 Å². The lowest BCUT2D eigenvalue weighted by Crippen LogP contribution is -2.50. The van der Waals surface area contributed by atoms with Crippen molar-refractivity contribution in [3.8, 4) is 39.5 Å². The number of hydrogen-bond donors (Lipinski definition) is 0. The monoisotopic (exact) mass is 619 g/mol. The number of aromatic nitrogens is 3. The smallest absolute Gasteiger partial charge is 0.159 e. The third-order valence-corrected chi connectivity index (χ3v) is 13.3. The van der Waals surface area contributed by atoms with E-state index in [-0.39, 0.29) is 0 Å². The van der Waals surface area contributed by atoms with Crippen LogP contribution in [0.5, 0.6) is 0 Å². The molecule has 0 fully saturated rings. The average molecular weight is 620 g/mol. The molecule has 0 amide bonds. The van der Waals surface area contributed by atoms with Crippen molar-refractivity contribution in [1.29, 1.82) is 0 Å². The Bertz CT molecular complexity index is 2720. The molecule has 5 heteroatoms. The summed E-state index contributed by atoms with van der Waals surface area (Å²) in [6.45, 7) is 4.83. The Morgan fingerprint density at radius 3 is 2.23 bits per heavy atom. The van der Waals surface area contributed by atoms with E-state index in [0.29, 0.717) is 0 Å². The van der Waals surface area contributed by atoms with Gasteiger partial charge in [0.1, 0.15) is 19.2 Å². The molecule has 1 aliphatic rings. The first-order chi connectivity index (χ1) is 23.1. The topological polar surface area (TPSA) is 43.9 Å². The standard InChI is InChI=1S/C42H29N3OSi/c1-47(2)36-22-11-8-19-32(36)38-39(43-41(44-42(38)47)26-13-4-3-5-14-26)27-15-12-16-28(25-27)45-33-20-9-6-17-29(33)30-23-24-35-37(40(30)45)31-18-7-10-21-34(31)46-35/h3-25H,1-2H3. The molecule has 1 aliphatic heterocycles. The van der Waals surface area contributed by atoms with Gasteiger partial charge in [0.2, 0.25) is 0 Å². The molecule has 0 saturated carbocycles. The van der Waals surface area contributed by atoms with Crippen molar-refractivity contribution >= 4 is 62.3 Å². The van der Waals surface area contributed by atoms with Gasteiger partial charge < -0.3 is 8.98 Å². The van der Waals surface area contributed by atoms with E-state index in [0.717, 1.165) is 61.3 Å². The minimum atomic E-state index is -2.06. The Balaban J connectivity index is 1.29. The minimum absolute atomic E-state index is 0.779. The van der Waals surface area contributed by atoms with Gasteiger partial charge in [0.25, 0.3) is 0 Å². The lowest BCUT2D eigenvalue weighted by atomic mass is 10.00. The van der Waals surface area contributed by atoms with Gasteiger partial charge in [-0.2, -0.15) is 0 Å². The molecule has 6 aromatic carbocycles. The minimum Gasteiger partial charge on any atom is -0.456 e. The fourth-order valence-corrected chi connectivity index (χ4v) is 10.7. The maximum atomic E-state index is 6.37. The summed E-state index contributed by atoms with van der Waals surface area (Å²) in [4.78, 5) is 10.7. The van der Waals surface area contributed by atoms with Crippen LogP contribution >= 0.6 is 0 Å². The molecule has 4 heterocycles. The fourth-order valence-electron chi connectivity index (χ4n) is 7.79. The fraction of sp³-hybridized carbons (Fsp3) is 0.0476. The number of furan rings is 1. The Morgan fingerprint density at radius 1 is 0.596 bits per heavy atom. The highest BCUT2D eigenvalue weighted by Crippen LogP contribution is 2.42. The molecular weight excluding hydrogens is 591 g/mol. The first kappa shape index (κ1) is 26.4. The number of nitrogens with zero attached hydrogens (tertiary/aromatic N) is 3. The van der Waals surface area contributed by atoms with Crippen molar-refractivity contribution in [2.75, 3.05) is 0 Å². The zero-order valence-electron chi connectivity index (χ0n) is 26.0. The first-order valence-electron chi connectivity index (χ1n) is 16.1. The van der Waals surface area contributed by atoms with Crippen LogP contribution in [-0.2, 0) is 0 Å². The van der Waals surface area contributed by atoms with Crippen LogP contribution in [0.25, 0.3) is 83.2 Å². The Kier molecular flexibility index (Phi) is 5.41. The van der Waals surface area contributed by atoms with Gasteiger partial charge in [-0.05, 0) is 47.1 Å². The third kappa shape index (κ3) is 3.69. The highest BCUT2D eigenvalue weighted by Gasteiger charge is 2.41. The number of para-hydroxylation sites is 2. The molecule has 47 heavy (non-hydrogen) atoms. The average Bonchev–Trinajstić information content (AvgIpc) is 3.74. The van der Waals surface area contributed by atoms with E-state index in [1.54, 1.807) is 0 Å². The van der Waals surface area contributed by atoms with Crippen LogP contribution in [-0.4, -0.2) is 22.6 Å². The second-order valence-electron chi connectivity index (χ2n) is 13.0. The molecule has 9 aromatic rings. The zero-order valence-corrected chi connectivity index (χ0v) is 27.0. The van der Waals surface area contributed by atoms with Gasteiger partial charge in [-0.1, -0.05) is 116 Å². The first-order valence-corrected chi connectivity index (χ1v) is 19.1. The van der Waals surface area contributed by atoms with Crippen molar-refractivity contribution in [2.45, 2.75) is 13.1 Å². The highest BCUT2D eigenvalue weighted by atomic mass is 28.3. The molecule has 0 N–H and O–H groups in total. The number of benzene rings is 6. The van der Waals surface area contributed by atoms with Crippen molar-refractivity contribution in [3.05, 3.63) is 140 Å². The molecule has 10 rings (SSSR count). The van der Waals surface area contributed by atoms with E-state index in [9.17, 15) is 0 Å². The molecule has 4 nitrogen and oxygen atoms in total. The maximum absolute atomic E-state index is 6.37. The summed E-state index contributed by atoms with van der Waals surface area (Å²) in [5, 5.41) is 7.31. The second kappa shape index (κ2) is 9.61. The van der Waals surface area contributed by atoms with Gasteiger partial charge in [0, 0.05) is 43.9 Å². The lowest BCUT2D eigenvalue weighted by Gasteiger charge is -2.19. The van der Waals surface area contributed by atoms with Crippen molar-refractivity contribution < 1.29 is 4.42 Å². The Morgan fingerprint density at radius 2 is 1.34 bits per heavy atom. The maximum Gasteiger partial charge on any atom is 0.159 e. The van der Waals surface area contributed by atoms with E-state index in [2.05, 4.69) is 145 Å². The second-order valence-corrected chi connectivity index (χ2v) is 17.3. The van der Waals surface area contributed by atoms with E-state index >= 15 is 0 Å². The van der Waals surface area contributed by atoms with Gasteiger partial charge in [-0.3, -0.25) is 0 Å². The van der Waals surface area contributed by atoms with Crippen LogP contribution in [0.1, 0.15) is 0 Å². The summed E-state index contributed by atoms with van der Waals surface area (Å²) >= 11 is 0. The van der Waals surface area contributed by atoms with Crippen molar-refractivity contribution in [2.24, 2.45) is 0 Å². The predicted molar refractivity (Wildman–Crippen MR) is 197 cm³/mol. The van der Waals surface area contributed by atoms with Crippen molar-refractivity contribution in [3.63, 3.8) is 0 Å². The van der Waals surface area contributed by atoms with Crippen LogP contribution in [0.3, 0.4) is 0 Å². The molecule has 3 aromatic heterocycles. The molecule has 0 atom stereocenters. The van der Waals surface area contributed by atoms with Gasteiger partial charge in [0.05, 0.1) is 22.1 Å². The summed E-state index contributed by atoms with van der Waals surface area (Å²) in [6.07, 6.45) is 0. The lowest BCUT2D eigenvalue weighted by molar-refractivity contribution is 0.669. The van der Waals surface area contributed by atoms with Gasteiger partial charge in [-0.25, -0.2) is 9.97 Å². The third-order valence-electron chi connectivity index (χ3n) is 9.96. The number of rotatable bonds is 3.